The molecule has 1 aromatic heterocycles. The quantitative estimate of drug-likeness (QED) is 0.763. The minimum Gasteiger partial charge on any atom is -0.309 e. The molecule has 2 heteroatoms. The Kier molecular flexibility index (Phi) is 5.81. The van der Waals surface area contributed by atoms with Crippen molar-refractivity contribution in [1.29, 1.82) is 0 Å². The summed E-state index contributed by atoms with van der Waals surface area (Å²) in [6, 6.07) is 13.9. The molecular weight excluding hydrogens is 262 g/mol. The molecule has 0 saturated heterocycles. The summed E-state index contributed by atoms with van der Waals surface area (Å²) in [6.45, 7) is 7.70. The van der Waals surface area contributed by atoms with Gasteiger partial charge in [0.15, 0.2) is 0 Å². The van der Waals surface area contributed by atoms with Crippen molar-refractivity contribution in [3.63, 3.8) is 0 Å². The Bertz CT molecular complexity index is 530. The van der Waals surface area contributed by atoms with E-state index in [1.807, 2.05) is 11.3 Å². The average molecular weight is 287 g/mol. The maximum atomic E-state index is 3.70. The maximum Gasteiger partial charge on any atom is 0.0455 e. The van der Waals surface area contributed by atoms with E-state index >= 15 is 0 Å². The summed E-state index contributed by atoms with van der Waals surface area (Å²) in [5.41, 5.74) is 2.77. The molecule has 2 aromatic rings. The second-order valence-electron chi connectivity index (χ2n) is 5.36. The van der Waals surface area contributed by atoms with Crippen LogP contribution in [0.15, 0.2) is 36.4 Å². The molecule has 0 radical (unpaired) electrons. The Hall–Kier alpha value is -1.12. The van der Waals surface area contributed by atoms with Crippen molar-refractivity contribution >= 4 is 11.3 Å². The Morgan fingerprint density at radius 3 is 2.65 bits per heavy atom. The first-order valence-electron chi connectivity index (χ1n) is 7.60. The van der Waals surface area contributed by atoms with Crippen LogP contribution < -0.4 is 5.32 Å². The number of aryl methyl sites for hydroxylation is 2. The molecule has 1 N–H and O–H groups in total. The van der Waals surface area contributed by atoms with Gasteiger partial charge in [0.2, 0.25) is 0 Å². The van der Waals surface area contributed by atoms with Crippen molar-refractivity contribution < 1.29 is 0 Å². The first kappa shape index (κ1) is 15.3. The summed E-state index contributed by atoms with van der Waals surface area (Å²) >= 11 is 1.95. The molecule has 0 bridgehead atoms. The zero-order valence-corrected chi connectivity index (χ0v) is 13.6. The van der Waals surface area contributed by atoms with Crippen LogP contribution in [0.1, 0.15) is 47.2 Å². The summed E-state index contributed by atoms with van der Waals surface area (Å²) in [7, 11) is 0. The third-order valence-corrected chi connectivity index (χ3v) is 4.88. The van der Waals surface area contributed by atoms with Crippen molar-refractivity contribution in [2.45, 2.75) is 46.1 Å². The van der Waals surface area contributed by atoms with Gasteiger partial charge in [-0.15, -0.1) is 11.3 Å². The van der Waals surface area contributed by atoms with Gasteiger partial charge in [0.25, 0.3) is 0 Å². The minimum atomic E-state index is 0.446. The van der Waals surface area contributed by atoms with E-state index in [0.717, 1.165) is 19.4 Å². The van der Waals surface area contributed by atoms with Crippen LogP contribution in [0.5, 0.6) is 0 Å². The maximum absolute atomic E-state index is 3.70. The van der Waals surface area contributed by atoms with Crippen LogP contribution in [-0.4, -0.2) is 6.54 Å². The molecule has 20 heavy (non-hydrogen) atoms. The Morgan fingerprint density at radius 1 is 1.15 bits per heavy atom. The first-order chi connectivity index (χ1) is 9.72. The van der Waals surface area contributed by atoms with Crippen molar-refractivity contribution in [3.8, 4) is 0 Å². The van der Waals surface area contributed by atoms with Crippen molar-refractivity contribution in [1.82, 2.24) is 5.32 Å². The van der Waals surface area contributed by atoms with Crippen LogP contribution in [0.25, 0.3) is 0 Å². The third kappa shape index (κ3) is 4.19. The van der Waals surface area contributed by atoms with E-state index in [1.54, 1.807) is 0 Å². The zero-order chi connectivity index (χ0) is 14.4. The van der Waals surface area contributed by atoms with Gasteiger partial charge >= 0.3 is 0 Å². The molecule has 1 aromatic carbocycles. The summed E-state index contributed by atoms with van der Waals surface area (Å²) in [4.78, 5) is 2.95. The van der Waals surface area contributed by atoms with Gasteiger partial charge in [-0.25, -0.2) is 0 Å². The van der Waals surface area contributed by atoms with Crippen LogP contribution in [-0.2, 0) is 12.8 Å². The van der Waals surface area contributed by atoms with Gasteiger partial charge in [-0.3, -0.25) is 0 Å². The second kappa shape index (κ2) is 7.61. The van der Waals surface area contributed by atoms with E-state index < -0.39 is 0 Å². The average Bonchev–Trinajstić information content (AvgIpc) is 2.92. The molecule has 0 fully saturated rings. The molecule has 2 rings (SSSR count). The lowest BCUT2D eigenvalue weighted by Crippen LogP contribution is -2.23. The lowest BCUT2D eigenvalue weighted by atomic mass is 10.0. The predicted molar refractivity (Wildman–Crippen MR) is 89.6 cm³/mol. The number of nitrogens with one attached hydrogen (secondary N) is 1. The molecule has 0 aliphatic rings. The van der Waals surface area contributed by atoms with Gasteiger partial charge in [-0.2, -0.15) is 0 Å². The summed E-state index contributed by atoms with van der Waals surface area (Å²) in [5.74, 6) is 0. The van der Waals surface area contributed by atoms with Gasteiger partial charge in [-0.05, 0) is 50.4 Å². The van der Waals surface area contributed by atoms with Gasteiger partial charge in [0, 0.05) is 15.8 Å². The van der Waals surface area contributed by atoms with Gasteiger partial charge in [-0.1, -0.05) is 43.7 Å². The van der Waals surface area contributed by atoms with Crippen molar-refractivity contribution in [2.75, 3.05) is 6.54 Å². The highest BCUT2D eigenvalue weighted by Crippen LogP contribution is 2.26. The zero-order valence-electron chi connectivity index (χ0n) is 12.8. The van der Waals surface area contributed by atoms with Crippen LogP contribution in [0.2, 0.25) is 0 Å². The van der Waals surface area contributed by atoms with Crippen LogP contribution in [0.3, 0.4) is 0 Å². The molecule has 1 unspecified atom stereocenters. The summed E-state index contributed by atoms with van der Waals surface area (Å²) < 4.78 is 0. The largest absolute Gasteiger partial charge is 0.309 e. The Balaban J connectivity index is 2.14. The molecule has 0 saturated carbocycles. The molecule has 108 valence electrons. The lowest BCUT2D eigenvalue weighted by molar-refractivity contribution is 0.536. The second-order valence-corrected chi connectivity index (χ2v) is 6.56. The van der Waals surface area contributed by atoms with Gasteiger partial charge < -0.3 is 5.32 Å². The topological polar surface area (TPSA) is 12.0 Å². The molecular formula is C18H25NS. The van der Waals surface area contributed by atoms with E-state index in [4.69, 9.17) is 0 Å². The number of benzene rings is 1. The number of hydrogen-bond donors (Lipinski definition) is 1. The van der Waals surface area contributed by atoms with Crippen LogP contribution in [0.4, 0.5) is 0 Å². The standard InChI is InChI=1S/C18H25NS/c1-4-11-19-17(18-10-9-16(5-2)20-18)13-15-8-6-7-14(3)12-15/h6-10,12,17,19H,4-5,11,13H2,1-3H3. The third-order valence-electron chi connectivity index (χ3n) is 3.54. The highest BCUT2D eigenvalue weighted by Gasteiger charge is 2.13. The fraction of sp³-hybridized carbons (Fsp3) is 0.444. The highest BCUT2D eigenvalue weighted by atomic mass is 32.1. The van der Waals surface area contributed by atoms with E-state index in [-0.39, 0.29) is 0 Å². The first-order valence-corrected chi connectivity index (χ1v) is 8.42. The lowest BCUT2D eigenvalue weighted by Gasteiger charge is -2.17. The van der Waals surface area contributed by atoms with E-state index in [2.05, 4.69) is 62.5 Å². The summed E-state index contributed by atoms with van der Waals surface area (Å²) in [5, 5.41) is 3.70. The van der Waals surface area contributed by atoms with Crippen molar-refractivity contribution in [2.24, 2.45) is 0 Å². The molecule has 0 aliphatic heterocycles. The Morgan fingerprint density at radius 2 is 2.00 bits per heavy atom. The van der Waals surface area contributed by atoms with E-state index in [0.29, 0.717) is 6.04 Å². The summed E-state index contributed by atoms with van der Waals surface area (Å²) in [6.07, 6.45) is 3.39. The van der Waals surface area contributed by atoms with Gasteiger partial charge in [0.05, 0.1) is 0 Å². The smallest absolute Gasteiger partial charge is 0.0455 e. The molecule has 1 atom stereocenters. The minimum absolute atomic E-state index is 0.446. The monoisotopic (exact) mass is 287 g/mol. The van der Waals surface area contributed by atoms with Crippen LogP contribution in [0, 0.1) is 6.92 Å². The number of thiophene rings is 1. The van der Waals surface area contributed by atoms with Crippen molar-refractivity contribution in [3.05, 3.63) is 57.3 Å². The number of rotatable bonds is 7. The SMILES string of the molecule is CCCNC(Cc1cccc(C)c1)c1ccc(CC)s1. The molecule has 1 nitrogen and oxygen atoms in total. The van der Waals surface area contributed by atoms with E-state index in [1.165, 1.54) is 27.3 Å². The van der Waals surface area contributed by atoms with Crippen LogP contribution >= 0.6 is 11.3 Å². The van der Waals surface area contributed by atoms with Gasteiger partial charge in [0.1, 0.15) is 0 Å². The number of hydrogen-bond acceptors (Lipinski definition) is 2. The predicted octanol–water partition coefficient (Wildman–Crippen LogP) is 4.90. The molecule has 0 amide bonds. The Labute approximate surface area is 127 Å². The fourth-order valence-corrected chi connectivity index (χ4v) is 3.47. The normalized spacial score (nSPS) is 12.6. The molecule has 0 spiro atoms. The highest BCUT2D eigenvalue weighted by molar-refractivity contribution is 7.12. The molecule has 1 heterocycles. The molecule has 0 aliphatic carbocycles. The fourth-order valence-electron chi connectivity index (χ4n) is 2.44. The van der Waals surface area contributed by atoms with E-state index in [9.17, 15) is 0 Å².